The van der Waals surface area contributed by atoms with Gasteiger partial charge in [-0.25, -0.2) is 0 Å². The molecule has 0 saturated carbocycles. The first kappa shape index (κ1) is 34.9. The van der Waals surface area contributed by atoms with Gasteiger partial charge in [-0.3, -0.25) is 4.90 Å². The summed E-state index contributed by atoms with van der Waals surface area (Å²) in [6.45, 7) is 8.26. The first-order valence-corrected chi connectivity index (χ1v) is 17.3. The minimum Gasteiger partial charge on any atom is -0.300 e. The number of hydrogen-bond acceptors (Lipinski definition) is 1. The lowest BCUT2D eigenvalue weighted by molar-refractivity contribution is 0.286. The highest BCUT2D eigenvalue weighted by atomic mass is 15.1. The third-order valence-electron chi connectivity index (χ3n) is 8.13. The molecule has 38 heavy (non-hydrogen) atoms. The molecule has 0 aliphatic heterocycles. The summed E-state index contributed by atoms with van der Waals surface area (Å²) in [5, 5.41) is 0. The molecule has 0 unspecified atom stereocenters. The van der Waals surface area contributed by atoms with Crippen LogP contribution < -0.4 is 0 Å². The third-order valence-corrected chi connectivity index (χ3v) is 8.13. The Morgan fingerprint density at radius 2 is 0.789 bits per heavy atom. The van der Waals surface area contributed by atoms with Gasteiger partial charge in [0.25, 0.3) is 0 Å². The molecule has 0 aliphatic carbocycles. The highest BCUT2D eigenvalue weighted by Crippen LogP contribution is 2.14. The molecule has 1 aromatic rings. The maximum absolute atomic E-state index is 2.71. The second-order valence-electron chi connectivity index (χ2n) is 11.9. The standard InChI is InChI=1S/C37H67N/c1-3-5-7-9-11-13-15-17-19-21-23-28-34-38(36-30-33-37-31-26-25-27-32-37)35-29-24-22-20-18-16-14-12-10-8-6-4-2/h25-27,30-33H,3-24,28-29,34-36H2,1-2H3. The summed E-state index contributed by atoms with van der Waals surface area (Å²) in [7, 11) is 0. The van der Waals surface area contributed by atoms with Crippen molar-refractivity contribution in [3.05, 3.63) is 42.0 Å². The molecule has 0 fully saturated rings. The second-order valence-corrected chi connectivity index (χ2v) is 11.9. The Morgan fingerprint density at radius 1 is 0.447 bits per heavy atom. The van der Waals surface area contributed by atoms with Crippen LogP contribution in [0.25, 0.3) is 6.08 Å². The topological polar surface area (TPSA) is 3.24 Å². The molecule has 1 nitrogen and oxygen atoms in total. The van der Waals surface area contributed by atoms with E-state index < -0.39 is 0 Å². The average Bonchev–Trinajstić information content (AvgIpc) is 2.94. The average molecular weight is 526 g/mol. The van der Waals surface area contributed by atoms with Crippen molar-refractivity contribution in [3.63, 3.8) is 0 Å². The lowest BCUT2D eigenvalue weighted by Gasteiger charge is -2.20. The number of rotatable bonds is 29. The first-order valence-electron chi connectivity index (χ1n) is 17.3. The van der Waals surface area contributed by atoms with Crippen molar-refractivity contribution < 1.29 is 0 Å². The van der Waals surface area contributed by atoms with Crippen LogP contribution in [-0.2, 0) is 0 Å². The molecule has 0 aromatic heterocycles. The lowest BCUT2D eigenvalue weighted by Crippen LogP contribution is -2.26. The van der Waals surface area contributed by atoms with E-state index in [9.17, 15) is 0 Å². The Balaban J connectivity index is 2.12. The molecular formula is C37H67N. The zero-order chi connectivity index (χ0) is 27.2. The SMILES string of the molecule is CCCCCCCCCCCCCCN(CC=Cc1ccccc1)CCCCCCCCCCCCCC. The summed E-state index contributed by atoms with van der Waals surface area (Å²) in [4.78, 5) is 2.71. The zero-order valence-corrected chi connectivity index (χ0v) is 26.1. The van der Waals surface area contributed by atoms with Crippen LogP contribution in [0.4, 0.5) is 0 Å². The molecule has 0 N–H and O–H groups in total. The number of unbranched alkanes of at least 4 members (excludes halogenated alkanes) is 22. The molecule has 1 heteroatoms. The normalized spacial score (nSPS) is 11.8. The van der Waals surface area contributed by atoms with Gasteiger partial charge in [-0.05, 0) is 31.5 Å². The van der Waals surface area contributed by atoms with Gasteiger partial charge in [0.1, 0.15) is 0 Å². The largest absolute Gasteiger partial charge is 0.300 e. The predicted octanol–water partition coefficient (Wildman–Crippen LogP) is 12.4. The van der Waals surface area contributed by atoms with Gasteiger partial charge in [0.05, 0.1) is 0 Å². The predicted molar refractivity (Wildman–Crippen MR) is 174 cm³/mol. The van der Waals surface area contributed by atoms with Gasteiger partial charge in [0, 0.05) is 6.54 Å². The van der Waals surface area contributed by atoms with Crippen LogP contribution in [-0.4, -0.2) is 24.5 Å². The number of hydrogen-bond donors (Lipinski definition) is 0. The smallest absolute Gasteiger partial charge is 0.0166 e. The maximum atomic E-state index is 2.71. The van der Waals surface area contributed by atoms with Crippen LogP contribution in [0.1, 0.15) is 174 Å². The summed E-state index contributed by atoms with van der Waals surface area (Å²) in [5.41, 5.74) is 1.32. The minimum absolute atomic E-state index is 1.10. The molecule has 0 aliphatic rings. The molecule has 0 radical (unpaired) electrons. The van der Waals surface area contributed by atoms with Crippen molar-refractivity contribution in [2.45, 2.75) is 168 Å². The van der Waals surface area contributed by atoms with Gasteiger partial charge < -0.3 is 0 Å². The van der Waals surface area contributed by atoms with Crippen molar-refractivity contribution in [1.29, 1.82) is 0 Å². The van der Waals surface area contributed by atoms with Gasteiger partial charge in [-0.15, -0.1) is 0 Å². The number of benzene rings is 1. The molecule has 0 heterocycles. The van der Waals surface area contributed by atoms with Crippen molar-refractivity contribution in [3.8, 4) is 0 Å². The summed E-state index contributed by atoms with van der Waals surface area (Å²) in [6.07, 6.45) is 39.1. The summed E-state index contributed by atoms with van der Waals surface area (Å²) >= 11 is 0. The summed E-state index contributed by atoms with van der Waals surface area (Å²) < 4.78 is 0. The zero-order valence-electron chi connectivity index (χ0n) is 26.1. The fourth-order valence-corrected chi connectivity index (χ4v) is 5.55. The van der Waals surface area contributed by atoms with E-state index in [0.29, 0.717) is 0 Å². The van der Waals surface area contributed by atoms with E-state index in [1.807, 2.05) is 0 Å². The highest BCUT2D eigenvalue weighted by molar-refractivity contribution is 5.48. The fourth-order valence-electron chi connectivity index (χ4n) is 5.55. The Kier molecular flexibility index (Phi) is 26.6. The highest BCUT2D eigenvalue weighted by Gasteiger charge is 2.03. The lowest BCUT2D eigenvalue weighted by atomic mass is 10.0. The van der Waals surface area contributed by atoms with E-state index in [0.717, 1.165) is 6.54 Å². The van der Waals surface area contributed by atoms with Gasteiger partial charge in [0.15, 0.2) is 0 Å². The van der Waals surface area contributed by atoms with Crippen LogP contribution in [0.3, 0.4) is 0 Å². The van der Waals surface area contributed by atoms with Crippen molar-refractivity contribution >= 4 is 6.08 Å². The quantitative estimate of drug-likeness (QED) is 0.0940. The Hall–Kier alpha value is -1.08. The Bertz CT molecular complexity index is 564. The summed E-state index contributed by atoms with van der Waals surface area (Å²) in [6, 6.07) is 10.8. The van der Waals surface area contributed by atoms with E-state index >= 15 is 0 Å². The van der Waals surface area contributed by atoms with E-state index in [2.05, 4.69) is 61.2 Å². The van der Waals surface area contributed by atoms with Crippen molar-refractivity contribution in [2.24, 2.45) is 0 Å². The minimum atomic E-state index is 1.10. The van der Waals surface area contributed by atoms with Crippen LogP contribution in [0, 0.1) is 0 Å². The molecule has 1 aromatic carbocycles. The van der Waals surface area contributed by atoms with Crippen LogP contribution in [0.2, 0.25) is 0 Å². The monoisotopic (exact) mass is 526 g/mol. The van der Waals surface area contributed by atoms with Gasteiger partial charge in [-0.2, -0.15) is 0 Å². The fraction of sp³-hybridized carbons (Fsp3) is 0.784. The second kappa shape index (κ2) is 28.9. The van der Waals surface area contributed by atoms with Crippen LogP contribution >= 0.6 is 0 Å². The molecule has 0 atom stereocenters. The summed E-state index contributed by atoms with van der Waals surface area (Å²) in [5.74, 6) is 0. The molecular weight excluding hydrogens is 458 g/mol. The van der Waals surface area contributed by atoms with Crippen molar-refractivity contribution in [2.75, 3.05) is 19.6 Å². The van der Waals surface area contributed by atoms with Gasteiger partial charge in [-0.1, -0.05) is 198 Å². The maximum Gasteiger partial charge on any atom is 0.0166 e. The number of nitrogens with zero attached hydrogens (tertiary/aromatic N) is 1. The van der Waals surface area contributed by atoms with Crippen LogP contribution in [0.5, 0.6) is 0 Å². The molecule has 220 valence electrons. The van der Waals surface area contributed by atoms with E-state index in [1.54, 1.807) is 0 Å². The molecule has 0 saturated heterocycles. The van der Waals surface area contributed by atoms with Gasteiger partial charge >= 0.3 is 0 Å². The first-order chi connectivity index (χ1) is 18.9. The molecule has 0 amide bonds. The molecule has 0 spiro atoms. The van der Waals surface area contributed by atoms with E-state index in [-0.39, 0.29) is 0 Å². The molecule has 0 bridgehead atoms. The van der Waals surface area contributed by atoms with Crippen molar-refractivity contribution in [1.82, 2.24) is 4.90 Å². The van der Waals surface area contributed by atoms with E-state index in [4.69, 9.17) is 0 Å². The van der Waals surface area contributed by atoms with Crippen LogP contribution in [0.15, 0.2) is 36.4 Å². The van der Waals surface area contributed by atoms with E-state index in [1.165, 1.54) is 173 Å². The van der Waals surface area contributed by atoms with Gasteiger partial charge in [0.2, 0.25) is 0 Å². The Labute approximate surface area is 240 Å². The molecule has 1 rings (SSSR count). The third kappa shape index (κ3) is 24.0. The Morgan fingerprint density at radius 3 is 1.16 bits per heavy atom.